The van der Waals surface area contributed by atoms with Gasteiger partial charge in [0.25, 0.3) is 0 Å². The van der Waals surface area contributed by atoms with E-state index in [2.05, 4.69) is 4.31 Å². The molecule has 24 heavy (non-hydrogen) atoms. The molecule has 4 aliphatic carbocycles. The molecule has 5 aliphatic rings. The molecule has 4 saturated carbocycles. The topological polar surface area (TPSA) is 51.2 Å². The Morgan fingerprint density at radius 3 is 2.67 bits per heavy atom. The summed E-state index contributed by atoms with van der Waals surface area (Å²) in [7, 11) is 0. The lowest BCUT2D eigenvalue weighted by Crippen LogP contribution is -2.60. The molecule has 3 atom stereocenters. The summed E-state index contributed by atoms with van der Waals surface area (Å²) < 4.78 is 18.2. The first kappa shape index (κ1) is 17.2. The molecule has 4 fully saturated rings. The highest BCUT2D eigenvalue weighted by Gasteiger charge is 2.55. The number of nitrogens with zero attached hydrogens (tertiary/aromatic N) is 1. The summed E-state index contributed by atoms with van der Waals surface area (Å²) in [5, 5.41) is 10.7. The first-order valence-corrected chi connectivity index (χ1v) is 9.72. The van der Waals surface area contributed by atoms with Crippen LogP contribution >= 0.6 is 12.8 Å². The van der Waals surface area contributed by atoms with Gasteiger partial charge in [0.05, 0.1) is 18.5 Å². The predicted molar refractivity (Wildman–Crippen MR) is 93.1 cm³/mol. The number of rotatable bonds is 7. The first-order valence-electron chi connectivity index (χ1n) is 9.32. The molecule has 0 amide bonds. The van der Waals surface area contributed by atoms with E-state index in [0.717, 1.165) is 44.6 Å². The van der Waals surface area contributed by atoms with E-state index in [9.17, 15) is 5.11 Å². The van der Waals surface area contributed by atoms with Gasteiger partial charge in [0.2, 0.25) is 0 Å². The molecule has 0 saturated heterocycles. The zero-order valence-corrected chi connectivity index (χ0v) is 15.1. The summed E-state index contributed by atoms with van der Waals surface area (Å²) >= 11 is 4.81. The van der Waals surface area contributed by atoms with Gasteiger partial charge in [0, 0.05) is 18.7 Å². The van der Waals surface area contributed by atoms with Crippen LogP contribution in [0.5, 0.6) is 0 Å². The Balaban J connectivity index is 1.19. The van der Waals surface area contributed by atoms with Crippen molar-refractivity contribution in [1.29, 1.82) is 0 Å². The molecule has 5 nitrogen and oxygen atoms in total. The summed E-state index contributed by atoms with van der Waals surface area (Å²) in [6, 6.07) is 0.549. The van der Waals surface area contributed by atoms with Crippen molar-refractivity contribution < 1.29 is 19.3 Å². The summed E-state index contributed by atoms with van der Waals surface area (Å²) in [5.41, 5.74) is -0.354. The third kappa shape index (κ3) is 3.63. The Morgan fingerprint density at radius 2 is 2.00 bits per heavy atom. The van der Waals surface area contributed by atoms with Gasteiger partial charge in [-0.15, -0.1) is 0 Å². The number of unbranched alkanes of at least 4 members (excludes halogenated alkanes) is 1. The Hall–Kier alpha value is -0.270. The second-order valence-corrected chi connectivity index (χ2v) is 8.59. The van der Waals surface area contributed by atoms with Crippen molar-refractivity contribution in [2.75, 3.05) is 19.9 Å². The largest absolute Gasteiger partial charge is 0.475 e. The summed E-state index contributed by atoms with van der Waals surface area (Å²) in [6.45, 7) is 1.94. The zero-order chi connectivity index (χ0) is 16.6. The molecule has 0 aromatic heterocycles. The van der Waals surface area contributed by atoms with Crippen molar-refractivity contribution >= 4 is 12.8 Å². The standard InChI is InChI=1S/C18H29NO4S/c20-18-9-13-7-14(10-18)17(15(8-13)11-18)19(24)4-1-2-5-22-16-3-6-21-12-23-16/h3,6,13-17,20,24H,1-2,4-5,7-12H2. The second-order valence-electron chi connectivity index (χ2n) is 8.07. The average Bonchev–Trinajstić information content (AvgIpc) is 2.53. The van der Waals surface area contributed by atoms with E-state index in [1.165, 1.54) is 12.8 Å². The van der Waals surface area contributed by atoms with Crippen molar-refractivity contribution in [3.63, 3.8) is 0 Å². The predicted octanol–water partition coefficient (Wildman–Crippen LogP) is 2.71. The van der Waals surface area contributed by atoms with E-state index in [1.54, 1.807) is 12.3 Å². The monoisotopic (exact) mass is 355 g/mol. The molecule has 1 aliphatic heterocycles. The molecule has 0 radical (unpaired) electrons. The van der Waals surface area contributed by atoms with Crippen LogP contribution in [-0.2, 0) is 14.2 Å². The average molecular weight is 356 g/mol. The third-order valence-corrected chi connectivity index (χ3v) is 6.70. The van der Waals surface area contributed by atoms with Crippen molar-refractivity contribution in [1.82, 2.24) is 4.31 Å². The van der Waals surface area contributed by atoms with Crippen molar-refractivity contribution in [3.05, 3.63) is 12.3 Å². The highest BCUT2D eigenvalue weighted by molar-refractivity contribution is 7.77. The quantitative estimate of drug-likeness (QED) is 0.543. The number of thiol groups is 1. The van der Waals surface area contributed by atoms with Crippen LogP contribution in [0.1, 0.15) is 44.9 Å². The van der Waals surface area contributed by atoms with Crippen LogP contribution in [0.15, 0.2) is 12.3 Å². The van der Waals surface area contributed by atoms with E-state index in [4.69, 9.17) is 27.0 Å². The van der Waals surface area contributed by atoms with Crippen LogP contribution in [0.4, 0.5) is 0 Å². The molecule has 1 heterocycles. The summed E-state index contributed by atoms with van der Waals surface area (Å²) in [4.78, 5) is 0. The van der Waals surface area contributed by atoms with Gasteiger partial charge < -0.3 is 19.3 Å². The second kappa shape index (κ2) is 7.16. The number of ether oxygens (including phenoxy) is 3. The molecule has 0 spiro atoms. The van der Waals surface area contributed by atoms with Gasteiger partial charge in [0.15, 0.2) is 13.1 Å². The van der Waals surface area contributed by atoms with E-state index in [1.807, 2.05) is 0 Å². The fourth-order valence-electron chi connectivity index (χ4n) is 5.59. The van der Waals surface area contributed by atoms with Crippen LogP contribution < -0.4 is 0 Å². The zero-order valence-electron chi connectivity index (χ0n) is 14.2. The molecule has 136 valence electrons. The van der Waals surface area contributed by atoms with E-state index >= 15 is 0 Å². The SMILES string of the molecule is OC12CC3CC(C1)C(N(S)CCCCOC1C=COCO1)C(C3)C2. The lowest BCUT2D eigenvalue weighted by atomic mass is 9.52. The maximum atomic E-state index is 10.7. The van der Waals surface area contributed by atoms with Crippen LogP contribution in [0.25, 0.3) is 0 Å². The van der Waals surface area contributed by atoms with Gasteiger partial charge in [0.1, 0.15) is 0 Å². The molecule has 3 unspecified atom stereocenters. The van der Waals surface area contributed by atoms with Crippen molar-refractivity contribution in [2.24, 2.45) is 17.8 Å². The van der Waals surface area contributed by atoms with Gasteiger partial charge in [-0.05, 0) is 62.7 Å². The maximum Gasteiger partial charge on any atom is 0.191 e. The first-order chi connectivity index (χ1) is 11.6. The van der Waals surface area contributed by atoms with E-state index in [0.29, 0.717) is 24.5 Å². The molecule has 6 heteroatoms. The Kier molecular flexibility index (Phi) is 5.12. The van der Waals surface area contributed by atoms with Gasteiger partial charge in [-0.2, -0.15) is 0 Å². The van der Waals surface area contributed by atoms with Crippen LogP contribution in [-0.4, -0.2) is 47.3 Å². The fraction of sp³-hybridized carbons (Fsp3) is 0.889. The van der Waals surface area contributed by atoms with Gasteiger partial charge >= 0.3 is 0 Å². The Bertz CT molecular complexity index is 458. The Morgan fingerprint density at radius 1 is 1.21 bits per heavy atom. The molecule has 0 aromatic carbocycles. The van der Waals surface area contributed by atoms with Crippen molar-refractivity contribution in [3.8, 4) is 0 Å². The minimum Gasteiger partial charge on any atom is -0.475 e. The molecule has 4 bridgehead atoms. The molecule has 1 N–H and O–H groups in total. The van der Waals surface area contributed by atoms with Crippen LogP contribution in [0, 0.1) is 17.8 Å². The third-order valence-electron chi connectivity index (χ3n) is 6.23. The Labute approximate surface area is 149 Å². The van der Waals surface area contributed by atoms with Gasteiger partial charge in [-0.25, -0.2) is 4.31 Å². The van der Waals surface area contributed by atoms with Gasteiger partial charge in [-0.1, -0.05) is 12.8 Å². The van der Waals surface area contributed by atoms with E-state index < -0.39 is 0 Å². The molecule has 0 aromatic rings. The highest BCUT2D eigenvalue weighted by Crippen LogP contribution is 2.57. The number of aliphatic hydroxyl groups is 1. The highest BCUT2D eigenvalue weighted by atomic mass is 32.1. The molecular weight excluding hydrogens is 326 g/mol. The fourth-order valence-corrected chi connectivity index (χ4v) is 6.11. The van der Waals surface area contributed by atoms with Crippen molar-refractivity contribution in [2.45, 2.75) is 62.9 Å². The van der Waals surface area contributed by atoms with E-state index in [-0.39, 0.29) is 18.7 Å². The summed E-state index contributed by atoms with van der Waals surface area (Å²) in [6.07, 6.45) is 10.8. The van der Waals surface area contributed by atoms with Gasteiger partial charge in [-0.3, -0.25) is 0 Å². The minimum atomic E-state index is -0.354. The van der Waals surface area contributed by atoms with Crippen LogP contribution in [0.3, 0.4) is 0 Å². The molecule has 5 rings (SSSR count). The lowest BCUT2D eigenvalue weighted by Gasteiger charge is -2.59. The number of hydrogen-bond donors (Lipinski definition) is 2. The summed E-state index contributed by atoms with van der Waals surface area (Å²) in [5.74, 6) is 2.03. The van der Waals surface area contributed by atoms with Crippen LogP contribution in [0.2, 0.25) is 0 Å². The lowest BCUT2D eigenvalue weighted by molar-refractivity contribution is -0.172. The number of hydrogen-bond acceptors (Lipinski definition) is 6. The normalized spacial score (nSPS) is 43.4. The minimum absolute atomic E-state index is 0.267. The molecular formula is C18H29NO4S. The maximum absolute atomic E-state index is 10.7. The smallest absolute Gasteiger partial charge is 0.191 e.